The van der Waals surface area contributed by atoms with Crippen LogP contribution in [0, 0.1) is 0 Å². The lowest BCUT2D eigenvalue weighted by Crippen LogP contribution is -1.86. The van der Waals surface area contributed by atoms with Crippen LogP contribution in [0.5, 0.6) is 0 Å². The van der Waals surface area contributed by atoms with Crippen LogP contribution in [0.2, 0.25) is 0 Å². The van der Waals surface area contributed by atoms with Crippen molar-refractivity contribution in [2.75, 3.05) is 5.75 Å². The molecule has 0 radical (unpaired) electrons. The van der Waals surface area contributed by atoms with Crippen molar-refractivity contribution >= 4 is 18.7 Å². The first-order valence-electron chi connectivity index (χ1n) is 4.20. The van der Waals surface area contributed by atoms with E-state index < -0.39 is 0 Å². The third-order valence-electron chi connectivity index (χ3n) is 1.61. The maximum Gasteiger partial charge on any atom is 0.0696 e. The Hall–Kier alpha value is -0.800. The zero-order chi connectivity index (χ0) is 9.52. The average molecular weight is 195 g/mol. The van der Waals surface area contributed by atoms with Crippen LogP contribution in [0.4, 0.5) is 0 Å². The number of thiol groups is 1. The first-order chi connectivity index (χ1) is 6.36. The van der Waals surface area contributed by atoms with Gasteiger partial charge in [-0.05, 0) is 29.9 Å². The molecule has 0 spiro atoms. The van der Waals surface area contributed by atoms with E-state index >= 15 is 0 Å². The maximum atomic E-state index is 8.77. The molecule has 0 amide bonds. The van der Waals surface area contributed by atoms with E-state index in [0.29, 0.717) is 0 Å². The fourth-order valence-corrected chi connectivity index (χ4v) is 1.06. The summed E-state index contributed by atoms with van der Waals surface area (Å²) in [5.41, 5.74) is 1.75. The van der Waals surface area contributed by atoms with Crippen LogP contribution in [0.3, 0.4) is 0 Å². The van der Waals surface area contributed by atoms with Gasteiger partial charge in [0.05, 0.1) is 12.3 Å². The number of aliphatic hydroxyl groups excluding tert-OH is 1. The minimum Gasteiger partial charge on any atom is -0.392 e. The fraction of sp³-hybridized carbons (Fsp3) is 0.300. The van der Waals surface area contributed by atoms with Crippen LogP contribution < -0.4 is 0 Å². The lowest BCUT2D eigenvalue weighted by atomic mass is 10.2. The summed E-state index contributed by atoms with van der Waals surface area (Å²) in [5.74, 6) is 0.852. The molecule has 13 heavy (non-hydrogen) atoms. The van der Waals surface area contributed by atoms with Crippen molar-refractivity contribution in [3.05, 3.63) is 35.7 Å². The molecule has 3 heteroatoms. The Morgan fingerprint density at radius 3 is 2.85 bits per heavy atom. The van der Waals surface area contributed by atoms with Gasteiger partial charge < -0.3 is 5.11 Å². The molecule has 1 rings (SSSR count). The number of hydrogen-bond acceptors (Lipinski definition) is 3. The van der Waals surface area contributed by atoms with Gasteiger partial charge in [0.2, 0.25) is 0 Å². The van der Waals surface area contributed by atoms with E-state index in [0.717, 1.165) is 23.4 Å². The summed E-state index contributed by atoms with van der Waals surface area (Å²) in [4.78, 5) is 4.15. The molecule has 0 atom stereocenters. The highest BCUT2D eigenvalue weighted by Crippen LogP contribution is 2.02. The van der Waals surface area contributed by atoms with Crippen molar-refractivity contribution < 1.29 is 5.11 Å². The smallest absolute Gasteiger partial charge is 0.0696 e. The lowest BCUT2D eigenvalue weighted by molar-refractivity contribution is 0.281. The second-order valence-electron chi connectivity index (χ2n) is 2.66. The number of aromatic nitrogens is 1. The summed E-state index contributed by atoms with van der Waals surface area (Å²) in [7, 11) is 0. The monoisotopic (exact) mass is 195 g/mol. The first kappa shape index (κ1) is 10.3. The van der Waals surface area contributed by atoms with Gasteiger partial charge in [0, 0.05) is 6.20 Å². The van der Waals surface area contributed by atoms with Crippen LogP contribution in [-0.4, -0.2) is 15.8 Å². The van der Waals surface area contributed by atoms with Crippen molar-refractivity contribution in [3.8, 4) is 0 Å². The van der Waals surface area contributed by atoms with Crippen molar-refractivity contribution in [1.29, 1.82) is 0 Å². The van der Waals surface area contributed by atoms with E-state index in [-0.39, 0.29) is 6.61 Å². The molecule has 0 unspecified atom stereocenters. The lowest BCUT2D eigenvalue weighted by Gasteiger charge is -1.95. The Kier molecular flexibility index (Phi) is 4.57. The van der Waals surface area contributed by atoms with Crippen LogP contribution in [0.1, 0.15) is 17.7 Å². The van der Waals surface area contributed by atoms with Gasteiger partial charge in [0.15, 0.2) is 0 Å². The molecule has 1 aromatic rings. The summed E-state index contributed by atoms with van der Waals surface area (Å²) >= 11 is 4.09. The van der Waals surface area contributed by atoms with Crippen molar-refractivity contribution in [3.63, 3.8) is 0 Å². The van der Waals surface area contributed by atoms with Gasteiger partial charge in [-0.2, -0.15) is 12.6 Å². The summed E-state index contributed by atoms with van der Waals surface area (Å²) in [5, 5.41) is 8.77. The molecule has 1 N–H and O–H groups in total. The average Bonchev–Trinajstić information content (AvgIpc) is 2.19. The van der Waals surface area contributed by atoms with Gasteiger partial charge >= 0.3 is 0 Å². The Morgan fingerprint density at radius 2 is 2.31 bits per heavy atom. The quantitative estimate of drug-likeness (QED) is 0.719. The summed E-state index contributed by atoms with van der Waals surface area (Å²) in [6.07, 6.45) is 6.62. The summed E-state index contributed by atoms with van der Waals surface area (Å²) < 4.78 is 0. The molecule has 70 valence electrons. The Labute approximate surface area is 83.7 Å². The number of nitrogens with zero attached hydrogens (tertiary/aromatic N) is 1. The van der Waals surface area contributed by atoms with Gasteiger partial charge in [0.1, 0.15) is 0 Å². The Bertz CT molecular complexity index is 269. The second kappa shape index (κ2) is 5.78. The highest BCUT2D eigenvalue weighted by molar-refractivity contribution is 7.80. The van der Waals surface area contributed by atoms with Gasteiger partial charge in [-0.15, -0.1) is 0 Å². The molecule has 0 saturated carbocycles. The van der Waals surface area contributed by atoms with E-state index in [2.05, 4.69) is 17.6 Å². The molecule has 0 bridgehead atoms. The molecule has 0 aromatic carbocycles. The zero-order valence-corrected chi connectivity index (χ0v) is 8.24. The SMILES string of the molecule is OCc1ccc(C=CCCS)nc1. The zero-order valence-electron chi connectivity index (χ0n) is 7.35. The first-order valence-corrected chi connectivity index (χ1v) is 4.83. The molecule has 0 saturated heterocycles. The van der Waals surface area contributed by atoms with Crippen LogP contribution >= 0.6 is 12.6 Å². The maximum absolute atomic E-state index is 8.77. The normalized spacial score (nSPS) is 10.9. The Morgan fingerprint density at radius 1 is 1.46 bits per heavy atom. The predicted molar refractivity (Wildman–Crippen MR) is 57.7 cm³/mol. The van der Waals surface area contributed by atoms with E-state index in [1.54, 1.807) is 6.20 Å². The number of pyridine rings is 1. The predicted octanol–water partition coefficient (Wildman–Crippen LogP) is 1.91. The molecule has 2 nitrogen and oxygen atoms in total. The Balaban J connectivity index is 2.58. The van der Waals surface area contributed by atoms with Crippen LogP contribution in [-0.2, 0) is 6.61 Å². The second-order valence-corrected chi connectivity index (χ2v) is 3.11. The number of aliphatic hydroxyl groups is 1. The molecular weight excluding hydrogens is 182 g/mol. The molecule has 1 heterocycles. The van der Waals surface area contributed by atoms with E-state index in [1.807, 2.05) is 24.3 Å². The molecular formula is C10H13NOS. The third-order valence-corrected chi connectivity index (χ3v) is 1.87. The molecule has 0 aliphatic rings. The largest absolute Gasteiger partial charge is 0.392 e. The van der Waals surface area contributed by atoms with Gasteiger partial charge in [0.25, 0.3) is 0 Å². The topological polar surface area (TPSA) is 33.1 Å². The van der Waals surface area contributed by atoms with Gasteiger partial charge in [-0.25, -0.2) is 0 Å². The fourth-order valence-electron chi connectivity index (χ4n) is 0.907. The molecule has 0 aliphatic heterocycles. The number of allylic oxidation sites excluding steroid dienone is 1. The van der Waals surface area contributed by atoms with E-state index in [1.165, 1.54) is 0 Å². The molecule has 0 fully saturated rings. The summed E-state index contributed by atoms with van der Waals surface area (Å²) in [6, 6.07) is 3.76. The van der Waals surface area contributed by atoms with Crippen molar-refractivity contribution in [1.82, 2.24) is 4.98 Å². The summed E-state index contributed by atoms with van der Waals surface area (Å²) in [6.45, 7) is 0.0492. The minimum atomic E-state index is 0.0492. The number of hydrogen-bond donors (Lipinski definition) is 2. The van der Waals surface area contributed by atoms with Gasteiger partial charge in [-0.3, -0.25) is 4.98 Å². The highest BCUT2D eigenvalue weighted by atomic mass is 32.1. The number of rotatable bonds is 4. The van der Waals surface area contributed by atoms with E-state index in [9.17, 15) is 0 Å². The highest BCUT2D eigenvalue weighted by Gasteiger charge is 1.90. The van der Waals surface area contributed by atoms with E-state index in [4.69, 9.17) is 5.11 Å². The van der Waals surface area contributed by atoms with Crippen molar-refractivity contribution in [2.45, 2.75) is 13.0 Å². The van der Waals surface area contributed by atoms with Crippen LogP contribution in [0.15, 0.2) is 24.4 Å². The standard InChI is InChI=1S/C10H13NOS/c12-8-9-4-5-10(11-7-9)3-1-2-6-13/h1,3-5,7,12-13H,2,6,8H2. The van der Waals surface area contributed by atoms with Crippen molar-refractivity contribution in [2.24, 2.45) is 0 Å². The van der Waals surface area contributed by atoms with Gasteiger partial charge in [-0.1, -0.05) is 12.1 Å². The molecule has 0 aliphatic carbocycles. The molecule has 1 aromatic heterocycles. The third kappa shape index (κ3) is 3.61. The minimum absolute atomic E-state index is 0.0492. The van der Waals surface area contributed by atoms with Crippen LogP contribution in [0.25, 0.3) is 6.08 Å².